The summed E-state index contributed by atoms with van der Waals surface area (Å²) in [6.07, 6.45) is 8.83. The molecule has 1 fully saturated rings. The Morgan fingerprint density at radius 1 is 1.15 bits per heavy atom. The minimum absolute atomic E-state index is 0.149. The Morgan fingerprint density at radius 3 is 2.68 bits per heavy atom. The van der Waals surface area contributed by atoms with Crippen molar-refractivity contribution in [3.8, 4) is 11.3 Å². The number of para-hydroxylation sites is 1. The van der Waals surface area contributed by atoms with Crippen molar-refractivity contribution in [2.45, 2.75) is 18.1 Å². The molecule has 0 amide bonds. The molecule has 10 heteroatoms. The molecule has 8 nitrogen and oxygen atoms in total. The molecule has 2 N–H and O–H groups in total. The van der Waals surface area contributed by atoms with Crippen molar-refractivity contribution in [2.24, 2.45) is 4.36 Å². The molecule has 34 heavy (non-hydrogen) atoms. The smallest absolute Gasteiger partial charge is 0.228 e. The van der Waals surface area contributed by atoms with Crippen molar-refractivity contribution in [2.75, 3.05) is 36.6 Å². The second-order valence-electron chi connectivity index (χ2n) is 8.39. The first-order valence-corrected chi connectivity index (χ1v) is 13.5. The number of H-pyrrole nitrogens is 1. The van der Waals surface area contributed by atoms with E-state index in [-0.39, 0.29) is 5.25 Å². The first-order chi connectivity index (χ1) is 16.4. The molecule has 1 saturated heterocycles. The average molecular weight is 496 g/mol. The van der Waals surface area contributed by atoms with Gasteiger partial charge >= 0.3 is 0 Å². The summed E-state index contributed by atoms with van der Waals surface area (Å²) in [5.74, 6) is 1.07. The highest BCUT2D eigenvalue weighted by Gasteiger charge is 2.25. The van der Waals surface area contributed by atoms with Gasteiger partial charge in [0.2, 0.25) is 5.95 Å². The number of aromatic amines is 1. The molecule has 3 aromatic heterocycles. The maximum absolute atomic E-state index is 12.5. The highest BCUT2D eigenvalue weighted by molar-refractivity contribution is 7.93. The highest BCUT2D eigenvalue weighted by atomic mass is 35.5. The van der Waals surface area contributed by atoms with E-state index >= 15 is 0 Å². The van der Waals surface area contributed by atoms with E-state index in [1.807, 2.05) is 48.8 Å². The van der Waals surface area contributed by atoms with Gasteiger partial charge in [0.05, 0.1) is 28.8 Å². The lowest BCUT2D eigenvalue weighted by Gasteiger charge is -2.33. The lowest BCUT2D eigenvalue weighted by atomic mass is 10.1. The summed E-state index contributed by atoms with van der Waals surface area (Å²) in [7, 11) is -0.455. The van der Waals surface area contributed by atoms with Gasteiger partial charge in [-0.15, -0.1) is 0 Å². The van der Waals surface area contributed by atoms with Gasteiger partial charge in [-0.3, -0.25) is 0 Å². The van der Waals surface area contributed by atoms with E-state index in [4.69, 9.17) is 11.6 Å². The van der Waals surface area contributed by atoms with Gasteiger partial charge in [-0.05, 0) is 31.0 Å². The molecule has 1 aliphatic heterocycles. The number of aromatic nitrogens is 4. The lowest BCUT2D eigenvalue weighted by molar-refractivity contribution is 0.568. The SMILES string of the molecule is CN=S(C)(=O)C1CCN(c2ccc(Nc3ncc(Cl)c(-c4c[nH]c5ccccc45)n3)nc2)CC1. The number of halogens is 1. The molecule has 0 bridgehead atoms. The van der Waals surface area contributed by atoms with Gasteiger partial charge in [0.25, 0.3) is 0 Å². The van der Waals surface area contributed by atoms with E-state index < -0.39 is 9.73 Å². The average Bonchev–Trinajstić information content (AvgIpc) is 3.30. The van der Waals surface area contributed by atoms with Gasteiger partial charge in [-0.25, -0.2) is 23.5 Å². The molecule has 1 aliphatic rings. The first-order valence-electron chi connectivity index (χ1n) is 11.1. The summed E-state index contributed by atoms with van der Waals surface area (Å²) in [4.78, 5) is 19.1. The Balaban J connectivity index is 1.30. The van der Waals surface area contributed by atoms with Crippen molar-refractivity contribution in [1.29, 1.82) is 0 Å². The number of piperidine rings is 1. The predicted octanol–water partition coefficient (Wildman–Crippen LogP) is 5.11. The van der Waals surface area contributed by atoms with Crippen LogP contribution < -0.4 is 10.2 Å². The number of hydrogen-bond acceptors (Lipinski definition) is 7. The van der Waals surface area contributed by atoms with Crippen LogP contribution in [0, 0.1) is 0 Å². The van der Waals surface area contributed by atoms with E-state index in [1.165, 1.54) is 0 Å². The number of hydrogen-bond donors (Lipinski definition) is 2. The van der Waals surface area contributed by atoms with Crippen LogP contribution in [0.5, 0.6) is 0 Å². The molecule has 5 rings (SSSR count). The monoisotopic (exact) mass is 495 g/mol. The highest BCUT2D eigenvalue weighted by Crippen LogP contribution is 2.32. The van der Waals surface area contributed by atoms with Gasteiger partial charge < -0.3 is 15.2 Å². The fraction of sp³-hybridized carbons (Fsp3) is 0.292. The molecule has 0 spiro atoms. The van der Waals surface area contributed by atoms with Crippen molar-refractivity contribution in [3.63, 3.8) is 0 Å². The van der Waals surface area contributed by atoms with E-state index in [9.17, 15) is 4.21 Å². The first kappa shape index (κ1) is 22.6. The molecule has 1 unspecified atom stereocenters. The summed E-state index contributed by atoms with van der Waals surface area (Å²) in [6, 6.07) is 12.0. The van der Waals surface area contributed by atoms with Crippen LogP contribution in [0.15, 0.2) is 59.4 Å². The lowest BCUT2D eigenvalue weighted by Crippen LogP contribution is -2.39. The van der Waals surface area contributed by atoms with E-state index in [2.05, 4.69) is 34.5 Å². The van der Waals surface area contributed by atoms with Crippen molar-refractivity contribution in [1.82, 2.24) is 19.9 Å². The summed E-state index contributed by atoms with van der Waals surface area (Å²) >= 11 is 6.43. The topological polar surface area (TPSA) is 99.2 Å². The zero-order chi connectivity index (χ0) is 23.7. The van der Waals surface area contributed by atoms with Crippen LogP contribution in [0.2, 0.25) is 5.02 Å². The Kier molecular flexibility index (Phi) is 6.14. The molecular formula is C24H26ClN7OS. The number of nitrogens with one attached hydrogen (secondary N) is 2. The van der Waals surface area contributed by atoms with Crippen LogP contribution in [0.4, 0.5) is 17.5 Å². The number of benzene rings is 1. The largest absolute Gasteiger partial charge is 0.370 e. The summed E-state index contributed by atoms with van der Waals surface area (Å²) in [6.45, 7) is 1.68. The molecule has 4 aromatic rings. The van der Waals surface area contributed by atoms with Crippen LogP contribution in [-0.4, -0.2) is 55.8 Å². The molecular weight excluding hydrogens is 470 g/mol. The quantitative estimate of drug-likeness (QED) is 0.399. The Bertz CT molecular complexity index is 1440. The van der Waals surface area contributed by atoms with Crippen LogP contribution in [0.3, 0.4) is 0 Å². The standard InChI is InChI=1S/C24H26ClN7OS/c1-26-34(2,33)17-9-11-32(12-10-17)16-7-8-22(28-13-16)30-24-29-15-20(25)23(31-24)19-14-27-21-6-4-3-5-18(19)21/h3-8,13-15,17,27H,9-12H2,1-2H3,(H,28,29,30,31). The Hall–Kier alpha value is -3.17. The second kappa shape index (κ2) is 9.23. The maximum atomic E-state index is 12.5. The van der Waals surface area contributed by atoms with Crippen LogP contribution in [0.25, 0.3) is 22.2 Å². The summed E-state index contributed by atoms with van der Waals surface area (Å²) < 4.78 is 16.6. The fourth-order valence-corrected chi connectivity index (χ4v) is 5.92. The van der Waals surface area contributed by atoms with Crippen molar-refractivity contribution in [3.05, 3.63) is 60.0 Å². The molecule has 176 valence electrons. The molecule has 0 aliphatic carbocycles. The third kappa shape index (κ3) is 4.45. The van der Waals surface area contributed by atoms with Gasteiger partial charge in [0.15, 0.2) is 0 Å². The Morgan fingerprint density at radius 2 is 1.94 bits per heavy atom. The second-order valence-corrected chi connectivity index (χ2v) is 11.6. The Labute approximate surface area is 204 Å². The zero-order valence-electron chi connectivity index (χ0n) is 19.0. The summed E-state index contributed by atoms with van der Waals surface area (Å²) in [5.41, 5.74) is 3.64. The number of anilines is 3. The third-order valence-electron chi connectivity index (χ3n) is 6.36. The van der Waals surface area contributed by atoms with Gasteiger partial charge in [0.1, 0.15) is 5.82 Å². The van der Waals surface area contributed by atoms with E-state index in [1.54, 1.807) is 19.5 Å². The molecule has 1 aromatic carbocycles. The minimum atomic E-state index is -2.11. The maximum Gasteiger partial charge on any atom is 0.228 e. The number of nitrogens with zero attached hydrogens (tertiary/aromatic N) is 5. The van der Waals surface area contributed by atoms with Crippen LogP contribution in [-0.2, 0) is 9.73 Å². The fourth-order valence-electron chi connectivity index (χ4n) is 4.35. The number of pyridine rings is 1. The predicted molar refractivity (Wildman–Crippen MR) is 140 cm³/mol. The van der Waals surface area contributed by atoms with Crippen LogP contribution in [0.1, 0.15) is 12.8 Å². The van der Waals surface area contributed by atoms with Crippen molar-refractivity contribution >= 4 is 49.7 Å². The normalized spacial score (nSPS) is 16.4. The van der Waals surface area contributed by atoms with Gasteiger partial charge in [0, 0.05) is 64.0 Å². The molecule has 1 atom stereocenters. The minimum Gasteiger partial charge on any atom is -0.370 e. The van der Waals surface area contributed by atoms with E-state index in [0.717, 1.165) is 48.1 Å². The van der Waals surface area contributed by atoms with Crippen LogP contribution >= 0.6 is 11.6 Å². The number of fused-ring (bicyclic) bond motifs is 1. The van der Waals surface area contributed by atoms with Gasteiger partial charge in [-0.1, -0.05) is 29.8 Å². The van der Waals surface area contributed by atoms with E-state index in [0.29, 0.717) is 22.5 Å². The number of rotatable bonds is 5. The zero-order valence-corrected chi connectivity index (χ0v) is 20.6. The summed E-state index contributed by atoms with van der Waals surface area (Å²) in [5, 5.41) is 4.85. The van der Waals surface area contributed by atoms with Gasteiger partial charge in [-0.2, -0.15) is 0 Å². The molecule has 0 saturated carbocycles. The molecule has 4 heterocycles. The third-order valence-corrected chi connectivity index (χ3v) is 9.07. The molecule has 0 radical (unpaired) electrons. The van der Waals surface area contributed by atoms with Crippen molar-refractivity contribution < 1.29 is 4.21 Å².